The van der Waals surface area contributed by atoms with Crippen molar-refractivity contribution in [1.82, 2.24) is 0 Å². The van der Waals surface area contributed by atoms with E-state index < -0.39 is 29.3 Å². The van der Waals surface area contributed by atoms with E-state index in [1.165, 1.54) is 48.4 Å². The molecule has 0 bridgehead atoms. The van der Waals surface area contributed by atoms with Crippen molar-refractivity contribution in [1.29, 1.82) is 0 Å². The number of nitrogens with zero attached hydrogens (tertiary/aromatic N) is 1. The number of aliphatic hydroxyl groups excluding tert-OH is 1. The number of anilines is 1. The lowest BCUT2D eigenvalue weighted by Gasteiger charge is -2.25. The Bertz CT molecular complexity index is 1280. The average Bonchev–Trinajstić information content (AvgIpc) is 3.09. The van der Waals surface area contributed by atoms with Crippen LogP contribution in [0.1, 0.15) is 29.7 Å². The molecule has 0 saturated carbocycles. The Morgan fingerprint density at radius 2 is 1.62 bits per heavy atom. The Morgan fingerprint density at radius 1 is 1.03 bits per heavy atom. The second kappa shape index (κ2) is 9.49. The standard InChI is InChI=1S/C26H20Cl2FNO4/c1-3-14-4-10-18(11-5-14)30-22(15-6-8-17(29)9-7-15)21(24(32)26(30)33)23(31)16-12-19(27)25(34-2)20(28)13-16/h4-13,22,31H,3H2,1-2H3/b23-21+. The van der Waals surface area contributed by atoms with Gasteiger partial charge >= 0.3 is 0 Å². The van der Waals surface area contributed by atoms with E-state index in [0.29, 0.717) is 11.3 Å². The van der Waals surface area contributed by atoms with E-state index in [9.17, 15) is 19.1 Å². The molecule has 1 unspecified atom stereocenters. The van der Waals surface area contributed by atoms with E-state index in [2.05, 4.69) is 0 Å². The first-order chi connectivity index (χ1) is 16.3. The molecule has 0 aromatic heterocycles. The lowest BCUT2D eigenvalue weighted by atomic mass is 9.95. The van der Waals surface area contributed by atoms with E-state index in [4.69, 9.17) is 27.9 Å². The van der Waals surface area contributed by atoms with Gasteiger partial charge in [-0.1, -0.05) is 54.4 Å². The molecule has 0 spiro atoms. The average molecular weight is 500 g/mol. The first-order valence-electron chi connectivity index (χ1n) is 10.5. The Morgan fingerprint density at radius 3 is 2.15 bits per heavy atom. The summed E-state index contributed by atoms with van der Waals surface area (Å²) in [5.41, 5.74) is 1.96. The molecule has 0 aliphatic carbocycles. The molecule has 174 valence electrons. The number of aryl methyl sites for hydroxylation is 1. The first-order valence-corrected chi connectivity index (χ1v) is 11.2. The first kappa shape index (κ1) is 23.8. The fraction of sp³-hybridized carbons (Fsp3) is 0.154. The number of carbonyl (C=O) groups is 2. The van der Waals surface area contributed by atoms with Crippen LogP contribution in [0.4, 0.5) is 10.1 Å². The third-order valence-corrected chi connectivity index (χ3v) is 6.29. The predicted octanol–water partition coefficient (Wildman–Crippen LogP) is 6.33. The van der Waals surface area contributed by atoms with Gasteiger partial charge in [0.15, 0.2) is 5.75 Å². The molecular weight excluding hydrogens is 480 g/mol. The van der Waals surface area contributed by atoms with Crippen molar-refractivity contribution in [2.45, 2.75) is 19.4 Å². The Kier molecular flexibility index (Phi) is 6.64. The van der Waals surface area contributed by atoms with Crippen molar-refractivity contribution in [2.24, 2.45) is 0 Å². The minimum atomic E-state index is -0.993. The number of ether oxygens (including phenoxy) is 1. The van der Waals surface area contributed by atoms with Crippen LogP contribution in [-0.4, -0.2) is 23.9 Å². The van der Waals surface area contributed by atoms with Gasteiger partial charge in [-0.2, -0.15) is 0 Å². The highest BCUT2D eigenvalue weighted by molar-refractivity contribution is 6.51. The molecule has 1 aliphatic heterocycles. The van der Waals surface area contributed by atoms with Gasteiger partial charge in [-0.05, 0) is 53.9 Å². The molecule has 8 heteroatoms. The maximum atomic E-state index is 13.7. The highest BCUT2D eigenvalue weighted by Crippen LogP contribution is 2.43. The number of carbonyl (C=O) groups excluding carboxylic acids is 2. The quantitative estimate of drug-likeness (QED) is 0.253. The summed E-state index contributed by atoms with van der Waals surface area (Å²) in [7, 11) is 1.40. The number of Topliss-reactive ketones (excluding diaryl/α,β-unsaturated/α-hetero) is 1. The molecule has 5 nitrogen and oxygen atoms in total. The molecule has 1 amide bonds. The van der Waals surface area contributed by atoms with Crippen molar-refractivity contribution in [3.05, 3.63) is 98.8 Å². The summed E-state index contributed by atoms with van der Waals surface area (Å²) in [5.74, 6) is -2.40. The van der Waals surface area contributed by atoms with Gasteiger partial charge < -0.3 is 9.84 Å². The predicted molar refractivity (Wildman–Crippen MR) is 130 cm³/mol. The molecule has 0 radical (unpaired) electrons. The molecule has 1 atom stereocenters. The van der Waals surface area contributed by atoms with E-state index >= 15 is 0 Å². The third kappa shape index (κ3) is 4.15. The van der Waals surface area contributed by atoms with Gasteiger partial charge in [-0.25, -0.2) is 4.39 Å². The zero-order valence-corrected chi connectivity index (χ0v) is 19.8. The van der Waals surface area contributed by atoms with Gasteiger partial charge in [0.25, 0.3) is 11.7 Å². The van der Waals surface area contributed by atoms with Gasteiger partial charge in [0.05, 0.1) is 28.8 Å². The highest BCUT2D eigenvalue weighted by atomic mass is 35.5. The van der Waals surface area contributed by atoms with Gasteiger partial charge in [0.2, 0.25) is 0 Å². The summed E-state index contributed by atoms with van der Waals surface area (Å²) in [5, 5.41) is 11.5. The van der Waals surface area contributed by atoms with Crippen LogP contribution in [0.15, 0.2) is 66.2 Å². The van der Waals surface area contributed by atoms with Crippen LogP contribution in [0.25, 0.3) is 5.76 Å². The Labute approximate surface area is 206 Å². The number of hydrogen-bond donors (Lipinski definition) is 1. The number of halogens is 3. The van der Waals surface area contributed by atoms with Crippen LogP contribution in [-0.2, 0) is 16.0 Å². The molecule has 34 heavy (non-hydrogen) atoms. The van der Waals surface area contributed by atoms with Gasteiger partial charge in [0, 0.05) is 11.3 Å². The maximum Gasteiger partial charge on any atom is 0.300 e. The van der Waals surface area contributed by atoms with Gasteiger partial charge in [-0.15, -0.1) is 0 Å². The smallest absolute Gasteiger partial charge is 0.300 e. The minimum Gasteiger partial charge on any atom is -0.507 e. The number of methoxy groups -OCH3 is 1. The largest absolute Gasteiger partial charge is 0.507 e. The summed E-state index contributed by atoms with van der Waals surface area (Å²) >= 11 is 12.5. The van der Waals surface area contributed by atoms with Crippen LogP contribution in [0, 0.1) is 5.82 Å². The fourth-order valence-electron chi connectivity index (χ4n) is 4.00. The van der Waals surface area contributed by atoms with Crippen LogP contribution in [0.3, 0.4) is 0 Å². The molecule has 3 aromatic carbocycles. The molecular formula is C26H20Cl2FNO4. The summed E-state index contributed by atoms with van der Waals surface area (Å²) in [6.07, 6.45) is 0.805. The van der Waals surface area contributed by atoms with Crippen molar-refractivity contribution >= 4 is 46.3 Å². The summed E-state index contributed by atoms with van der Waals surface area (Å²) in [4.78, 5) is 27.7. The van der Waals surface area contributed by atoms with Crippen molar-refractivity contribution in [3.8, 4) is 5.75 Å². The summed E-state index contributed by atoms with van der Waals surface area (Å²) in [6.45, 7) is 2.00. The van der Waals surface area contributed by atoms with Crippen LogP contribution < -0.4 is 9.64 Å². The third-order valence-electron chi connectivity index (χ3n) is 5.73. The number of aliphatic hydroxyl groups is 1. The Hall–Kier alpha value is -3.35. The highest BCUT2D eigenvalue weighted by Gasteiger charge is 2.47. The van der Waals surface area contributed by atoms with E-state index in [1.807, 2.05) is 19.1 Å². The number of hydrogen-bond acceptors (Lipinski definition) is 4. The number of amides is 1. The summed E-state index contributed by atoms with van der Waals surface area (Å²) in [6, 6.07) is 14.4. The number of rotatable bonds is 5. The van der Waals surface area contributed by atoms with Gasteiger partial charge in [0.1, 0.15) is 11.6 Å². The minimum absolute atomic E-state index is 0.124. The van der Waals surface area contributed by atoms with Crippen molar-refractivity contribution < 1.29 is 23.8 Å². The zero-order valence-electron chi connectivity index (χ0n) is 18.3. The Balaban J connectivity index is 1.93. The molecule has 1 heterocycles. The topological polar surface area (TPSA) is 66.8 Å². The van der Waals surface area contributed by atoms with Crippen LogP contribution in [0.2, 0.25) is 10.0 Å². The number of benzene rings is 3. The molecule has 1 aliphatic rings. The second-order valence-electron chi connectivity index (χ2n) is 7.71. The molecule has 3 aromatic rings. The SMILES string of the molecule is CCc1ccc(N2C(=O)C(=O)/C(=C(/O)c3cc(Cl)c(OC)c(Cl)c3)C2c2ccc(F)cc2)cc1. The van der Waals surface area contributed by atoms with Crippen molar-refractivity contribution in [3.63, 3.8) is 0 Å². The van der Waals surface area contributed by atoms with E-state index in [0.717, 1.165) is 12.0 Å². The monoisotopic (exact) mass is 499 g/mol. The molecule has 1 fully saturated rings. The zero-order chi connectivity index (χ0) is 24.6. The maximum absolute atomic E-state index is 13.7. The van der Waals surface area contributed by atoms with E-state index in [1.54, 1.807) is 12.1 Å². The van der Waals surface area contributed by atoms with E-state index in [-0.39, 0.29) is 26.9 Å². The molecule has 1 N–H and O–H groups in total. The second-order valence-corrected chi connectivity index (χ2v) is 8.53. The lowest BCUT2D eigenvalue weighted by Crippen LogP contribution is -2.29. The van der Waals surface area contributed by atoms with Gasteiger partial charge in [-0.3, -0.25) is 14.5 Å². The molecule has 4 rings (SSSR count). The normalized spacial score (nSPS) is 17.3. The van der Waals surface area contributed by atoms with Crippen molar-refractivity contribution in [2.75, 3.05) is 12.0 Å². The lowest BCUT2D eigenvalue weighted by molar-refractivity contribution is -0.132. The molecule has 1 saturated heterocycles. The van der Waals surface area contributed by atoms with Crippen LogP contribution in [0.5, 0.6) is 5.75 Å². The number of ketones is 1. The van der Waals surface area contributed by atoms with Crippen LogP contribution >= 0.6 is 23.2 Å². The summed E-state index contributed by atoms with van der Waals surface area (Å²) < 4.78 is 18.8. The fourth-order valence-corrected chi connectivity index (χ4v) is 4.64.